The van der Waals surface area contributed by atoms with Gasteiger partial charge in [-0.05, 0) is 49.4 Å². The van der Waals surface area contributed by atoms with Crippen molar-refractivity contribution in [2.75, 3.05) is 20.2 Å². The highest BCUT2D eigenvalue weighted by molar-refractivity contribution is 5.75. The Balaban J connectivity index is 1.48. The fraction of sp³-hybridized carbons (Fsp3) is 0.579. The summed E-state index contributed by atoms with van der Waals surface area (Å²) in [6.45, 7) is 2.72. The number of hydrogen-bond acceptors (Lipinski definition) is 4. The van der Waals surface area contributed by atoms with Crippen molar-refractivity contribution in [3.8, 4) is 5.75 Å². The van der Waals surface area contributed by atoms with Crippen molar-refractivity contribution in [1.82, 2.24) is 15.5 Å². The van der Waals surface area contributed by atoms with Gasteiger partial charge in [-0.15, -0.1) is 0 Å². The molecule has 0 aromatic heterocycles. The first-order chi connectivity index (χ1) is 12.5. The number of fused-ring (bicyclic) bond motifs is 1. The topological polar surface area (TPSA) is 90.9 Å². The van der Waals surface area contributed by atoms with E-state index in [0.29, 0.717) is 6.54 Å². The third-order valence-corrected chi connectivity index (χ3v) is 5.46. The number of nitrogens with zero attached hydrogens (tertiary/aromatic N) is 1. The molecule has 0 spiro atoms. The molecule has 7 nitrogen and oxygen atoms in total. The van der Waals surface area contributed by atoms with Crippen molar-refractivity contribution < 1.29 is 19.4 Å². The summed E-state index contributed by atoms with van der Waals surface area (Å²) in [6.07, 6.45) is 3.36. The summed E-state index contributed by atoms with van der Waals surface area (Å²) in [4.78, 5) is 25.2. The Hall–Kier alpha value is -2.28. The molecule has 7 heteroatoms. The number of likely N-dealkylation sites (N-methyl/N-ethyl adjacent to an activating group) is 1. The van der Waals surface area contributed by atoms with Crippen molar-refractivity contribution in [2.45, 2.75) is 50.7 Å². The summed E-state index contributed by atoms with van der Waals surface area (Å²) in [6, 6.07) is 6.14. The lowest BCUT2D eigenvalue weighted by Gasteiger charge is -2.42. The van der Waals surface area contributed by atoms with Crippen molar-refractivity contribution in [3.05, 3.63) is 29.3 Å². The number of carbonyl (C=O) groups is 2. The van der Waals surface area contributed by atoms with E-state index in [-0.39, 0.29) is 30.7 Å². The van der Waals surface area contributed by atoms with Crippen molar-refractivity contribution in [3.63, 3.8) is 0 Å². The first kappa shape index (κ1) is 18.5. The van der Waals surface area contributed by atoms with Gasteiger partial charge in [0.1, 0.15) is 5.75 Å². The maximum absolute atomic E-state index is 12.3. The third-order valence-electron chi connectivity index (χ3n) is 5.46. The number of carbonyl (C=O) groups excluding carboxylic acids is 1. The molecule has 1 fully saturated rings. The molecule has 1 aromatic rings. The third kappa shape index (κ3) is 3.93. The van der Waals surface area contributed by atoms with Crippen LogP contribution in [-0.4, -0.2) is 54.3 Å². The summed E-state index contributed by atoms with van der Waals surface area (Å²) in [5.41, 5.74) is 2.31. The van der Waals surface area contributed by atoms with Gasteiger partial charge in [0.25, 0.3) is 0 Å². The van der Waals surface area contributed by atoms with Crippen LogP contribution in [-0.2, 0) is 11.2 Å². The summed E-state index contributed by atoms with van der Waals surface area (Å²) in [7, 11) is 1.67. The second kappa shape index (κ2) is 7.95. The maximum Gasteiger partial charge on any atom is 0.317 e. The monoisotopic (exact) mass is 361 g/mol. The molecular weight excluding hydrogens is 334 g/mol. The highest BCUT2D eigenvalue weighted by Gasteiger charge is 2.35. The Morgan fingerprint density at radius 3 is 2.73 bits per heavy atom. The van der Waals surface area contributed by atoms with Crippen LogP contribution in [0.4, 0.5) is 4.79 Å². The largest absolute Gasteiger partial charge is 0.496 e. The molecule has 26 heavy (non-hydrogen) atoms. The van der Waals surface area contributed by atoms with Crippen LogP contribution in [0.15, 0.2) is 18.2 Å². The Labute approximate surface area is 153 Å². The molecule has 0 saturated heterocycles. The van der Waals surface area contributed by atoms with Gasteiger partial charge >= 0.3 is 12.0 Å². The molecule has 2 aliphatic carbocycles. The summed E-state index contributed by atoms with van der Waals surface area (Å²) in [5.74, 6) is 0.0726. The highest BCUT2D eigenvalue weighted by Crippen LogP contribution is 2.36. The van der Waals surface area contributed by atoms with Crippen LogP contribution in [0.5, 0.6) is 5.75 Å². The standard InChI is InChI=1S/C19H27N3O4/c1-3-22(11-18(23)24)13-9-12(10-13)20-19(25)21-16-8-7-15-14(16)5-4-6-17(15)26-2/h4-6,12-13,16H,3,7-11H2,1-2H3,(H,23,24)(H2,20,21,25). The van der Waals surface area contributed by atoms with Crippen LogP contribution in [0.3, 0.4) is 0 Å². The molecule has 0 aliphatic heterocycles. The van der Waals surface area contributed by atoms with E-state index >= 15 is 0 Å². The summed E-state index contributed by atoms with van der Waals surface area (Å²) >= 11 is 0. The number of carboxylic acid groups (broad SMARTS) is 1. The van der Waals surface area contributed by atoms with Gasteiger partial charge in [-0.25, -0.2) is 4.79 Å². The molecule has 3 rings (SSSR count). The lowest BCUT2D eigenvalue weighted by Crippen LogP contribution is -2.56. The number of benzene rings is 1. The minimum absolute atomic E-state index is 0.00937. The summed E-state index contributed by atoms with van der Waals surface area (Å²) in [5, 5.41) is 15.0. The Kier molecular flexibility index (Phi) is 5.66. The van der Waals surface area contributed by atoms with Crippen molar-refractivity contribution in [1.29, 1.82) is 0 Å². The van der Waals surface area contributed by atoms with E-state index in [4.69, 9.17) is 9.84 Å². The molecule has 2 aliphatic rings. The van der Waals surface area contributed by atoms with Gasteiger partial charge in [0.2, 0.25) is 0 Å². The number of ether oxygens (including phenoxy) is 1. The Morgan fingerprint density at radius 2 is 2.08 bits per heavy atom. The van der Waals surface area contributed by atoms with E-state index in [1.165, 1.54) is 5.56 Å². The number of aliphatic carboxylic acids is 1. The number of nitrogens with one attached hydrogen (secondary N) is 2. The zero-order valence-corrected chi connectivity index (χ0v) is 15.3. The van der Waals surface area contributed by atoms with E-state index in [1.807, 2.05) is 30.0 Å². The smallest absolute Gasteiger partial charge is 0.317 e. The van der Waals surface area contributed by atoms with Gasteiger partial charge in [-0.2, -0.15) is 0 Å². The van der Waals surface area contributed by atoms with Crippen molar-refractivity contribution in [2.24, 2.45) is 0 Å². The van der Waals surface area contributed by atoms with E-state index in [9.17, 15) is 9.59 Å². The van der Waals surface area contributed by atoms with E-state index < -0.39 is 5.97 Å². The molecule has 0 heterocycles. The quantitative estimate of drug-likeness (QED) is 0.690. The number of hydrogen-bond donors (Lipinski definition) is 3. The van der Waals surface area contributed by atoms with Gasteiger partial charge in [0.15, 0.2) is 0 Å². The second-order valence-corrected chi connectivity index (χ2v) is 7.02. The molecule has 1 unspecified atom stereocenters. The first-order valence-corrected chi connectivity index (χ1v) is 9.20. The zero-order chi connectivity index (χ0) is 18.7. The highest BCUT2D eigenvalue weighted by atomic mass is 16.5. The predicted octanol–water partition coefficient (Wildman–Crippen LogP) is 1.92. The van der Waals surface area contributed by atoms with E-state index in [1.54, 1.807) is 7.11 Å². The molecule has 1 aromatic carbocycles. The molecule has 0 radical (unpaired) electrons. The molecule has 1 atom stereocenters. The Morgan fingerprint density at radius 1 is 1.31 bits per heavy atom. The average molecular weight is 361 g/mol. The fourth-order valence-corrected chi connectivity index (χ4v) is 4.02. The maximum atomic E-state index is 12.3. The Bertz CT molecular complexity index is 673. The SMILES string of the molecule is CCN(CC(=O)O)C1CC(NC(=O)NC2CCc3c(OC)cccc32)C1. The molecule has 2 amide bonds. The van der Waals surface area contributed by atoms with Crippen LogP contribution < -0.4 is 15.4 Å². The van der Waals surface area contributed by atoms with Crippen LogP contribution in [0.25, 0.3) is 0 Å². The number of urea groups is 1. The first-order valence-electron chi connectivity index (χ1n) is 9.20. The van der Waals surface area contributed by atoms with Crippen LogP contribution >= 0.6 is 0 Å². The molecular formula is C19H27N3O4. The van der Waals surface area contributed by atoms with Crippen molar-refractivity contribution >= 4 is 12.0 Å². The number of rotatable bonds is 7. The average Bonchev–Trinajstić information content (AvgIpc) is 2.98. The molecule has 1 saturated carbocycles. The van der Waals surface area contributed by atoms with Crippen LogP contribution in [0, 0.1) is 0 Å². The lowest BCUT2D eigenvalue weighted by atomic mass is 9.85. The minimum Gasteiger partial charge on any atom is -0.496 e. The predicted molar refractivity (Wildman–Crippen MR) is 97.4 cm³/mol. The van der Waals surface area contributed by atoms with Gasteiger partial charge < -0.3 is 20.5 Å². The normalized spacial score (nSPS) is 23.9. The zero-order valence-electron chi connectivity index (χ0n) is 15.3. The second-order valence-electron chi connectivity index (χ2n) is 7.02. The van der Waals surface area contributed by atoms with Crippen LogP contribution in [0.1, 0.15) is 43.4 Å². The van der Waals surface area contributed by atoms with Gasteiger partial charge in [-0.1, -0.05) is 19.1 Å². The molecule has 3 N–H and O–H groups in total. The number of amides is 2. The van der Waals surface area contributed by atoms with Gasteiger partial charge in [0, 0.05) is 12.1 Å². The molecule has 0 bridgehead atoms. The van der Waals surface area contributed by atoms with Crippen LogP contribution in [0.2, 0.25) is 0 Å². The van der Waals surface area contributed by atoms with Gasteiger partial charge in [-0.3, -0.25) is 9.69 Å². The lowest BCUT2D eigenvalue weighted by molar-refractivity contribution is -0.139. The number of methoxy groups -OCH3 is 1. The van der Waals surface area contributed by atoms with Gasteiger partial charge in [0.05, 0.1) is 19.7 Å². The van der Waals surface area contributed by atoms with E-state index in [2.05, 4.69) is 10.6 Å². The van der Waals surface area contributed by atoms with E-state index in [0.717, 1.165) is 37.0 Å². The minimum atomic E-state index is -0.809. The summed E-state index contributed by atoms with van der Waals surface area (Å²) < 4.78 is 5.40. The fourth-order valence-electron chi connectivity index (χ4n) is 4.02. The number of carboxylic acids is 1. The molecule has 142 valence electrons.